The summed E-state index contributed by atoms with van der Waals surface area (Å²) in [5.41, 5.74) is 3.61. The molecule has 0 bridgehead atoms. The number of methoxy groups -OCH3 is 1. The highest BCUT2D eigenvalue weighted by atomic mass is 16.5. The number of hydrogen-bond donors (Lipinski definition) is 0. The van der Waals surface area contributed by atoms with Crippen molar-refractivity contribution in [2.45, 2.75) is 26.1 Å². The lowest BCUT2D eigenvalue weighted by atomic mass is 10.1. The molecule has 0 fully saturated rings. The van der Waals surface area contributed by atoms with E-state index in [4.69, 9.17) is 4.74 Å². The minimum Gasteiger partial charge on any atom is -0.380 e. The predicted molar refractivity (Wildman–Crippen MR) is 81.3 cm³/mol. The average Bonchev–Trinajstić information content (AvgIpc) is 2.49. The van der Waals surface area contributed by atoms with Gasteiger partial charge in [0, 0.05) is 25.9 Å². The van der Waals surface area contributed by atoms with E-state index >= 15 is 0 Å². The van der Waals surface area contributed by atoms with E-state index in [1.54, 1.807) is 7.11 Å². The second kappa shape index (κ2) is 7.17. The van der Waals surface area contributed by atoms with Gasteiger partial charge in [-0.3, -0.25) is 9.88 Å². The molecule has 20 heavy (non-hydrogen) atoms. The molecule has 0 amide bonds. The van der Waals surface area contributed by atoms with Gasteiger partial charge in [-0.2, -0.15) is 0 Å². The molecular weight excluding hydrogens is 248 g/mol. The van der Waals surface area contributed by atoms with Crippen LogP contribution in [0.3, 0.4) is 0 Å². The van der Waals surface area contributed by atoms with Gasteiger partial charge in [0.1, 0.15) is 0 Å². The Morgan fingerprint density at radius 1 is 1.10 bits per heavy atom. The molecule has 0 aliphatic heterocycles. The molecule has 0 aliphatic rings. The fraction of sp³-hybridized carbons (Fsp3) is 0.353. The molecule has 0 saturated carbocycles. The zero-order valence-corrected chi connectivity index (χ0v) is 12.4. The van der Waals surface area contributed by atoms with Gasteiger partial charge in [-0.05, 0) is 37.2 Å². The van der Waals surface area contributed by atoms with Crippen molar-refractivity contribution in [1.29, 1.82) is 0 Å². The average molecular weight is 270 g/mol. The van der Waals surface area contributed by atoms with Gasteiger partial charge in [-0.25, -0.2) is 0 Å². The number of nitrogens with zero attached hydrogens (tertiary/aromatic N) is 2. The summed E-state index contributed by atoms with van der Waals surface area (Å²) in [6.07, 6.45) is 1.85. The molecule has 0 unspecified atom stereocenters. The molecule has 0 N–H and O–H groups in total. The Kier molecular flexibility index (Phi) is 5.27. The summed E-state index contributed by atoms with van der Waals surface area (Å²) >= 11 is 0. The van der Waals surface area contributed by atoms with Crippen LogP contribution in [0.4, 0.5) is 0 Å². The highest BCUT2D eigenvalue weighted by Crippen LogP contribution is 2.18. The van der Waals surface area contributed by atoms with E-state index in [0.717, 1.165) is 12.2 Å². The number of rotatable bonds is 6. The first kappa shape index (κ1) is 14.7. The van der Waals surface area contributed by atoms with E-state index in [1.165, 1.54) is 11.1 Å². The molecule has 1 heterocycles. The Morgan fingerprint density at radius 3 is 2.40 bits per heavy atom. The van der Waals surface area contributed by atoms with Crippen LogP contribution >= 0.6 is 0 Å². The Balaban J connectivity index is 1.98. The van der Waals surface area contributed by atoms with E-state index in [9.17, 15) is 0 Å². The third-order valence-corrected chi connectivity index (χ3v) is 3.54. The van der Waals surface area contributed by atoms with E-state index < -0.39 is 0 Å². The molecule has 2 aromatic rings. The highest BCUT2D eigenvalue weighted by molar-refractivity contribution is 5.22. The van der Waals surface area contributed by atoms with Crippen LogP contribution in [0.2, 0.25) is 0 Å². The van der Waals surface area contributed by atoms with Gasteiger partial charge < -0.3 is 4.74 Å². The van der Waals surface area contributed by atoms with Gasteiger partial charge in [0.05, 0.1) is 12.3 Å². The van der Waals surface area contributed by atoms with Gasteiger partial charge in [-0.15, -0.1) is 0 Å². The zero-order chi connectivity index (χ0) is 14.4. The van der Waals surface area contributed by atoms with Crippen LogP contribution in [-0.2, 0) is 17.9 Å². The minimum atomic E-state index is 0.301. The van der Waals surface area contributed by atoms with Crippen molar-refractivity contribution >= 4 is 0 Å². The number of aromatic nitrogens is 1. The molecule has 0 radical (unpaired) electrons. The summed E-state index contributed by atoms with van der Waals surface area (Å²) in [6, 6.07) is 14.9. The van der Waals surface area contributed by atoms with Gasteiger partial charge in [0.25, 0.3) is 0 Å². The maximum absolute atomic E-state index is 5.13. The van der Waals surface area contributed by atoms with Crippen molar-refractivity contribution in [3.8, 4) is 0 Å². The quantitative estimate of drug-likeness (QED) is 0.804. The lowest BCUT2D eigenvalue weighted by molar-refractivity contribution is 0.185. The summed E-state index contributed by atoms with van der Waals surface area (Å²) in [6.45, 7) is 3.76. The smallest absolute Gasteiger partial charge is 0.0713 e. The summed E-state index contributed by atoms with van der Waals surface area (Å²) in [5.74, 6) is 0. The lowest BCUT2D eigenvalue weighted by Crippen LogP contribution is -2.22. The molecule has 3 heteroatoms. The molecule has 2 rings (SSSR count). The van der Waals surface area contributed by atoms with Crippen LogP contribution in [0.1, 0.15) is 29.8 Å². The van der Waals surface area contributed by atoms with Crippen LogP contribution in [0.15, 0.2) is 48.7 Å². The molecule has 1 atom stereocenters. The van der Waals surface area contributed by atoms with Crippen molar-refractivity contribution in [3.63, 3.8) is 0 Å². The predicted octanol–water partition coefficient (Wildman–Crippen LogP) is 3.42. The fourth-order valence-electron chi connectivity index (χ4n) is 2.18. The molecule has 1 aromatic carbocycles. The Bertz CT molecular complexity index is 510. The van der Waals surface area contributed by atoms with Crippen molar-refractivity contribution in [2.24, 2.45) is 0 Å². The van der Waals surface area contributed by atoms with Crippen LogP contribution < -0.4 is 0 Å². The second-order valence-electron chi connectivity index (χ2n) is 5.10. The molecule has 0 aliphatic carbocycles. The first-order valence-electron chi connectivity index (χ1n) is 6.88. The summed E-state index contributed by atoms with van der Waals surface area (Å²) in [7, 11) is 3.85. The summed E-state index contributed by atoms with van der Waals surface area (Å²) < 4.78 is 5.13. The Hall–Kier alpha value is -1.71. The van der Waals surface area contributed by atoms with Crippen LogP contribution in [-0.4, -0.2) is 24.0 Å². The molecular formula is C17H22N2O. The van der Waals surface area contributed by atoms with E-state index in [2.05, 4.69) is 54.2 Å². The van der Waals surface area contributed by atoms with Crippen LogP contribution in [0.25, 0.3) is 0 Å². The minimum absolute atomic E-state index is 0.301. The van der Waals surface area contributed by atoms with Crippen molar-refractivity contribution < 1.29 is 4.74 Å². The third-order valence-electron chi connectivity index (χ3n) is 3.54. The zero-order valence-electron chi connectivity index (χ0n) is 12.4. The van der Waals surface area contributed by atoms with Crippen LogP contribution in [0, 0.1) is 0 Å². The maximum atomic E-state index is 5.13. The first-order chi connectivity index (χ1) is 9.70. The Labute approximate surface area is 121 Å². The van der Waals surface area contributed by atoms with E-state index in [1.807, 2.05) is 18.3 Å². The van der Waals surface area contributed by atoms with Crippen molar-refractivity contribution in [2.75, 3.05) is 14.2 Å². The normalized spacial score (nSPS) is 12.6. The van der Waals surface area contributed by atoms with E-state index in [-0.39, 0.29) is 0 Å². The van der Waals surface area contributed by atoms with Gasteiger partial charge >= 0.3 is 0 Å². The monoisotopic (exact) mass is 270 g/mol. The number of pyridine rings is 1. The van der Waals surface area contributed by atoms with E-state index in [0.29, 0.717) is 12.6 Å². The first-order valence-corrected chi connectivity index (χ1v) is 6.88. The van der Waals surface area contributed by atoms with Crippen molar-refractivity contribution in [1.82, 2.24) is 9.88 Å². The molecule has 0 spiro atoms. The fourth-order valence-corrected chi connectivity index (χ4v) is 2.18. The largest absolute Gasteiger partial charge is 0.380 e. The molecule has 3 nitrogen and oxygen atoms in total. The lowest BCUT2D eigenvalue weighted by Gasteiger charge is -2.24. The summed E-state index contributed by atoms with van der Waals surface area (Å²) in [4.78, 5) is 6.72. The van der Waals surface area contributed by atoms with Crippen molar-refractivity contribution in [3.05, 3.63) is 65.5 Å². The summed E-state index contributed by atoms with van der Waals surface area (Å²) in [5, 5.41) is 0. The highest BCUT2D eigenvalue weighted by Gasteiger charge is 2.12. The topological polar surface area (TPSA) is 25.4 Å². The van der Waals surface area contributed by atoms with Gasteiger partial charge in [-0.1, -0.05) is 30.3 Å². The van der Waals surface area contributed by atoms with Crippen LogP contribution in [0.5, 0.6) is 0 Å². The maximum Gasteiger partial charge on any atom is 0.0713 e. The number of ether oxygens (including phenoxy) is 1. The molecule has 1 aromatic heterocycles. The number of hydrogen-bond acceptors (Lipinski definition) is 3. The second-order valence-corrected chi connectivity index (χ2v) is 5.10. The third kappa shape index (κ3) is 3.89. The van der Waals surface area contributed by atoms with Gasteiger partial charge in [0.2, 0.25) is 0 Å². The SMILES string of the molecule is COCc1ccc(CN(C)[C@@H](C)c2ccccn2)cc1. The van der Waals surface area contributed by atoms with Gasteiger partial charge in [0.15, 0.2) is 0 Å². The molecule has 106 valence electrons. The standard InChI is InChI=1S/C17H22N2O/c1-14(17-6-4-5-11-18-17)19(2)12-15-7-9-16(10-8-15)13-20-3/h4-11,14H,12-13H2,1-3H3/t14-/m0/s1. The Morgan fingerprint density at radius 2 is 1.80 bits per heavy atom. The molecule has 0 saturated heterocycles. The number of benzene rings is 1.